The van der Waals surface area contributed by atoms with Crippen LogP contribution in [0.2, 0.25) is 0 Å². The number of fused-ring (bicyclic) bond motifs is 1. The first-order valence-corrected chi connectivity index (χ1v) is 6.73. The summed E-state index contributed by atoms with van der Waals surface area (Å²) in [5, 5.41) is 0. The Labute approximate surface area is 121 Å². The summed E-state index contributed by atoms with van der Waals surface area (Å²) < 4.78 is 30.9. The molecule has 108 valence electrons. The van der Waals surface area contributed by atoms with E-state index in [1.165, 1.54) is 12.1 Å². The van der Waals surface area contributed by atoms with Gasteiger partial charge in [0.05, 0.1) is 12.0 Å². The normalized spacial score (nSPS) is 17.5. The average molecular weight is 288 g/mol. The zero-order valence-corrected chi connectivity index (χ0v) is 11.5. The van der Waals surface area contributed by atoms with Crippen LogP contribution in [-0.2, 0) is 0 Å². The number of alkyl halides is 2. The smallest absolute Gasteiger partial charge is 0.263 e. The first-order valence-electron chi connectivity index (χ1n) is 6.73. The van der Waals surface area contributed by atoms with Crippen LogP contribution in [-0.4, -0.2) is 5.78 Å². The second-order valence-electron chi connectivity index (χ2n) is 5.20. The lowest BCUT2D eigenvalue weighted by Crippen LogP contribution is -2.20. The molecule has 3 rings (SSSR count). The van der Waals surface area contributed by atoms with Gasteiger partial charge in [0.15, 0.2) is 5.78 Å². The molecule has 21 heavy (non-hydrogen) atoms. The number of hydrogen-bond acceptors (Lipinski definition) is 2. The fraction of sp³-hybridized carbons (Fsp3) is 0.235. The van der Waals surface area contributed by atoms with Gasteiger partial charge in [-0.3, -0.25) is 4.79 Å². The number of hydrogen-bond donors (Lipinski definition) is 0. The molecule has 1 heterocycles. The maximum atomic E-state index is 12.6. The molecular weight excluding hydrogens is 274 g/mol. The summed E-state index contributed by atoms with van der Waals surface area (Å²) in [5.41, 5.74) is 2.30. The van der Waals surface area contributed by atoms with Gasteiger partial charge < -0.3 is 4.74 Å². The number of rotatable bonds is 2. The number of ketones is 1. The Hall–Kier alpha value is -2.23. The van der Waals surface area contributed by atoms with Gasteiger partial charge in [-0.1, -0.05) is 35.9 Å². The van der Waals surface area contributed by atoms with Crippen molar-refractivity contribution in [1.29, 1.82) is 0 Å². The lowest BCUT2D eigenvalue weighted by Gasteiger charge is -2.26. The van der Waals surface area contributed by atoms with Gasteiger partial charge in [-0.2, -0.15) is 0 Å². The fourth-order valence-corrected chi connectivity index (χ4v) is 2.48. The Morgan fingerprint density at radius 3 is 2.52 bits per heavy atom. The highest BCUT2D eigenvalue weighted by atomic mass is 19.3. The molecule has 1 atom stereocenters. The van der Waals surface area contributed by atoms with E-state index in [4.69, 9.17) is 4.74 Å². The van der Waals surface area contributed by atoms with E-state index >= 15 is 0 Å². The number of carbonyl (C=O) groups excluding carboxylic acids is 1. The summed E-state index contributed by atoms with van der Waals surface area (Å²) in [4.78, 5) is 12.2. The molecule has 1 aliphatic rings. The summed E-state index contributed by atoms with van der Waals surface area (Å²) in [6.45, 7) is 1.92. The van der Waals surface area contributed by atoms with Crippen LogP contribution in [0.1, 0.15) is 46.0 Å². The molecule has 0 aromatic heterocycles. The molecule has 2 nitrogen and oxygen atoms in total. The van der Waals surface area contributed by atoms with E-state index in [9.17, 15) is 13.6 Å². The van der Waals surface area contributed by atoms with Gasteiger partial charge in [0, 0.05) is 5.56 Å². The Morgan fingerprint density at radius 2 is 1.86 bits per heavy atom. The summed E-state index contributed by atoms with van der Waals surface area (Å²) >= 11 is 0. The molecule has 4 heteroatoms. The monoisotopic (exact) mass is 288 g/mol. The van der Waals surface area contributed by atoms with Crippen molar-refractivity contribution in [3.05, 3.63) is 64.7 Å². The van der Waals surface area contributed by atoms with Gasteiger partial charge in [-0.15, -0.1) is 0 Å². The number of benzene rings is 2. The van der Waals surface area contributed by atoms with Crippen LogP contribution in [0.25, 0.3) is 0 Å². The quantitative estimate of drug-likeness (QED) is 0.804. The maximum absolute atomic E-state index is 12.6. The molecular formula is C17H14F2O2. The minimum Gasteiger partial charge on any atom is -0.484 e. The number of Topliss-reactive ketones (excluding diaryl/α,β-unsaturated/α-hetero) is 1. The SMILES string of the molecule is Cc1ccc2c(c1)C(=O)CC(c1ccc(C(F)F)cc1)O2. The number of carbonyl (C=O) groups is 1. The Bertz CT molecular complexity index is 678. The lowest BCUT2D eigenvalue weighted by atomic mass is 9.95. The Kier molecular flexibility index (Phi) is 3.45. The number of halogens is 2. The van der Waals surface area contributed by atoms with Crippen molar-refractivity contribution in [3.63, 3.8) is 0 Å². The summed E-state index contributed by atoms with van der Waals surface area (Å²) in [7, 11) is 0. The van der Waals surface area contributed by atoms with Gasteiger partial charge in [-0.25, -0.2) is 8.78 Å². The topological polar surface area (TPSA) is 26.3 Å². The third kappa shape index (κ3) is 2.66. The molecule has 0 saturated heterocycles. The molecule has 0 bridgehead atoms. The van der Waals surface area contributed by atoms with E-state index < -0.39 is 12.5 Å². The summed E-state index contributed by atoms with van der Waals surface area (Å²) in [5.74, 6) is 0.572. The molecule has 0 spiro atoms. The first-order chi connectivity index (χ1) is 10.0. The van der Waals surface area contributed by atoms with Crippen molar-refractivity contribution >= 4 is 5.78 Å². The Balaban J connectivity index is 1.88. The van der Waals surface area contributed by atoms with Crippen LogP contribution in [0.5, 0.6) is 5.75 Å². The Morgan fingerprint density at radius 1 is 1.14 bits per heavy atom. The molecule has 2 aromatic rings. The van der Waals surface area contributed by atoms with Crippen molar-refractivity contribution in [1.82, 2.24) is 0 Å². The highest BCUT2D eigenvalue weighted by Crippen LogP contribution is 2.35. The van der Waals surface area contributed by atoms with Crippen molar-refractivity contribution in [2.75, 3.05) is 0 Å². The van der Waals surface area contributed by atoms with Gasteiger partial charge in [-0.05, 0) is 24.6 Å². The molecule has 0 amide bonds. The van der Waals surface area contributed by atoms with E-state index in [0.29, 0.717) is 11.3 Å². The maximum Gasteiger partial charge on any atom is 0.263 e. The number of ether oxygens (including phenoxy) is 1. The molecule has 1 aliphatic heterocycles. The zero-order chi connectivity index (χ0) is 15.0. The number of aryl methyl sites for hydroxylation is 1. The van der Waals surface area contributed by atoms with Gasteiger partial charge in [0.25, 0.3) is 6.43 Å². The lowest BCUT2D eigenvalue weighted by molar-refractivity contribution is 0.0849. The van der Waals surface area contributed by atoms with E-state index in [-0.39, 0.29) is 17.8 Å². The van der Waals surface area contributed by atoms with Crippen LogP contribution < -0.4 is 4.74 Å². The van der Waals surface area contributed by atoms with Crippen LogP contribution in [0.15, 0.2) is 42.5 Å². The summed E-state index contributed by atoms with van der Waals surface area (Å²) in [6, 6.07) is 11.4. The van der Waals surface area contributed by atoms with Crippen molar-refractivity contribution in [3.8, 4) is 5.75 Å². The third-order valence-corrected chi connectivity index (χ3v) is 3.64. The highest BCUT2D eigenvalue weighted by Gasteiger charge is 2.27. The van der Waals surface area contributed by atoms with Gasteiger partial charge >= 0.3 is 0 Å². The molecule has 0 fully saturated rings. The molecule has 0 N–H and O–H groups in total. The zero-order valence-electron chi connectivity index (χ0n) is 11.5. The minimum atomic E-state index is -2.49. The van der Waals surface area contributed by atoms with Crippen LogP contribution in [0, 0.1) is 6.92 Å². The first kappa shape index (κ1) is 13.7. The van der Waals surface area contributed by atoms with E-state index in [2.05, 4.69) is 0 Å². The average Bonchev–Trinajstić information content (AvgIpc) is 2.48. The molecule has 0 aliphatic carbocycles. The summed E-state index contributed by atoms with van der Waals surface area (Å²) in [6.07, 6.45) is -2.68. The molecule has 1 unspecified atom stereocenters. The van der Waals surface area contributed by atoms with Crippen LogP contribution >= 0.6 is 0 Å². The van der Waals surface area contributed by atoms with Crippen LogP contribution in [0.3, 0.4) is 0 Å². The second kappa shape index (κ2) is 5.28. The van der Waals surface area contributed by atoms with E-state index in [1.54, 1.807) is 18.2 Å². The van der Waals surface area contributed by atoms with Crippen molar-refractivity contribution in [2.24, 2.45) is 0 Å². The molecule has 2 aromatic carbocycles. The van der Waals surface area contributed by atoms with Crippen LogP contribution in [0.4, 0.5) is 8.78 Å². The predicted octanol–water partition coefficient (Wildman–Crippen LogP) is 4.64. The van der Waals surface area contributed by atoms with Crippen molar-refractivity contribution in [2.45, 2.75) is 25.9 Å². The van der Waals surface area contributed by atoms with Gasteiger partial charge in [0.1, 0.15) is 11.9 Å². The third-order valence-electron chi connectivity index (χ3n) is 3.64. The fourth-order valence-electron chi connectivity index (χ4n) is 2.48. The molecule has 0 radical (unpaired) electrons. The molecule has 0 saturated carbocycles. The standard InChI is InChI=1S/C17H14F2O2/c1-10-2-7-15-13(8-10)14(20)9-16(21-15)11-3-5-12(6-4-11)17(18)19/h2-8,16-17H,9H2,1H3. The van der Waals surface area contributed by atoms with Gasteiger partial charge in [0.2, 0.25) is 0 Å². The largest absolute Gasteiger partial charge is 0.484 e. The minimum absolute atomic E-state index is 0.0166. The van der Waals surface area contributed by atoms with E-state index in [0.717, 1.165) is 11.1 Å². The van der Waals surface area contributed by atoms with E-state index in [1.807, 2.05) is 19.1 Å². The second-order valence-corrected chi connectivity index (χ2v) is 5.20. The predicted molar refractivity (Wildman–Crippen MR) is 74.9 cm³/mol. The van der Waals surface area contributed by atoms with Crippen molar-refractivity contribution < 1.29 is 18.3 Å². The highest BCUT2D eigenvalue weighted by molar-refractivity contribution is 6.00.